The van der Waals surface area contributed by atoms with Crippen LogP contribution in [0.5, 0.6) is 0 Å². The van der Waals surface area contributed by atoms with Crippen LogP contribution in [0, 0.1) is 5.82 Å². The summed E-state index contributed by atoms with van der Waals surface area (Å²) in [5.41, 5.74) is 0.424. The first-order valence-corrected chi connectivity index (χ1v) is 8.44. The average molecular weight is 342 g/mol. The van der Waals surface area contributed by atoms with E-state index in [1.807, 2.05) is 0 Å². The van der Waals surface area contributed by atoms with E-state index in [4.69, 9.17) is 11.6 Å². The molecule has 4 nitrogen and oxygen atoms in total. The van der Waals surface area contributed by atoms with E-state index in [0.29, 0.717) is 10.7 Å². The van der Waals surface area contributed by atoms with Crippen molar-refractivity contribution in [1.29, 1.82) is 0 Å². The molecule has 0 radical (unpaired) electrons. The Morgan fingerprint density at radius 1 is 1.09 bits per heavy atom. The monoisotopic (exact) mass is 341 g/mol. The molecule has 0 unspecified atom stereocenters. The van der Waals surface area contributed by atoms with Crippen molar-refractivity contribution < 1.29 is 17.6 Å². The number of rotatable bonds is 5. The molecule has 1 N–H and O–H groups in total. The second kappa shape index (κ2) is 6.89. The van der Waals surface area contributed by atoms with Crippen molar-refractivity contribution in [2.45, 2.75) is 11.3 Å². The van der Waals surface area contributed by atoms with Gasteiger partial charge < -0.3 is 5.32 Å². The maximum absolute atomic E-state index is 12.8. The smallest absolute Gasteiger partial charge is 0.225 e. The van der Waals surface area contributed by atoms with Crippen molar-refractivity contribution in [2.24, 2.45) is 0 Å². The van der Waals surface area contributed by atoms with Gasteiger partial charge in [-0.1, -0.05) is 23.7 Å². The summed E-state index contributed by atoms with van der Waals surface area (Å²) >= 11 is 5.90. The largest absolute Gasteiger partial charge is 0.325 e. The molecule has 0 spiro atoms. The fourth-order valence-electron chi connectivity index (χ4n) is 1.76. The third kappa shape index (κ3) is 4.29. The van der Waals surface area contributed by atoms with Crippen molar-refractivity contribution in [3.8, 4) is 0 Å². The fourth-order valence-corrected chi connectivity index (χ4v) is 3.19. The zero-order valence-electron chi connectivity index (χ0n) is 11.4. The minimum absolute atomic E-state index is 0.0144. The summed E-state index contributed by atoms with van der Waals surface area (Å²) in [6.07, 6.45) is -0.217. The van der Waals surface area contributed by atoms with E-state index in [0.717, 1.165) is 12.1 Å². The van der Waals surface area contributed by atoms with E-state index in [1.165, 1.54) is 12.1 Å². The van der Waals surface area contributed by atoms with Crippen LogP contribution in [0.3, 0.4) is 0 Å². The fraction of sp³-hybridized carbons (Fsp3) is 0.133. The van der Waals surface area contributed by atoms with Crippen molar-refractivity contribution in [3.63, 3.8) is 0 Å². The lowest BCUT2D eigenvalue weighted by molar-refractivity contribution is -0.115. The Kier molecular flexibility index (Phi) is 5.15. The van der Waals surface area contributed by atoms with Crippen molar-refractivity contribution in [2.75, 3.05) is 11.1 Å². The molecule has 22 heavy (non-hydrogen) atoms. The van der Waals surface area contributed by atoms with Gasteiger partial charge in [0.2, 0.25) is 5.91 Å². The first-order valence-electron chi connectivity index (χ1n) is 6.41. The standard InChI is InChI=1S/C15H13ClFNO3S/c16-13-3-1-2-4-14(13)18-15(19)9-10-22(20,21)12-7-5-11(17)6-8-12/h1-8H,9-10H2,(H,18,19). The van der Waals surface area contributed by atoms with Gasteiger partial charge in [0.15, 0.2) is 9.84 Å². The van der Waals surface area contributed by atoms with Gasteiger partial charge in [0, 0.05) is 6.42 Å². The molecule has 0 aromatic heterocycles. The number of anilines is 1. The van der Waals surface area contributed by atoms with E-state index in [2.05, 4.69) is 5.32 Å². The van der Waals surface area contributed by atoms with Gasteiger partial charge in [0.1, 0.15) is 5.82 Å². The third-order valence-corrected chi connectivity index (χ3v) is 4.98. The normalized spacial score (nSPS) is 11.2. The van der Waals surface area contributed by atoms with Gasteiger partial charge in [-0.2, -0.15) is 0 Å². The summed E-state index contributed by atoms with van der Waals surface area (Å²) in [7, 11) is -3.63. The van der Waals surface area contributed by atoms with E-state index in [9.17, 15) is 17.6 Å². The van der Waals surface area contributed by atoms with Gasteiger partial charge in [-0.15, -0.1) is 0 Å². The molecule has 0 aliphatic rings. The number of benzene rings is 2. The van der Waals surface area contributed by atoms with Gasteiger partial charge in [-0.3, -0.25) is 4.79 Å². The first kappa shape index (κ1) is 16.5. The highest BCUT2D eigenvalue weighted by Crippen LogP contribution is 2.20. The van der Waals surface area contributed by atoms with Crippen LogP contribution in [0.1, 0.15) is 6.42 Å². The predicted octanol–water partition coefficient (Wildman–Crippen LogP) is 3.28. The molecule has 116 valence electrons. The maximum Gasteiger partial charge on any atom is 0.225 e. The van der Waals surface area contributed by atoms with Crippen molar-refractivity contribution in [3.05, 3.63) is 59.4 Å². The number of carbonyl (C=O) groups is 1. The van der Waals surface area contributed by atoms with Gasteiger partial charge in [-0.25, -0.2) is 12.8 Å². The number of hydrogen-bond acceptors (Lipinski definition) is 3. The van der Waals surface area contributed by atoms with Gasteiger partial charge >= 0.3 is 0 Å². The Hall–Kier alpha value is -1.92. The van der Waals surface area contributed by atoms with Crippen molar-refractivity contribution >= 4 is 33.0 Å². The van der Waals surface area contributed by atoms with Crippen LogP contribution in [0.15, 0.2) is 53.4 Å². The zero-order valence-corrected chi connectivity index (χ0v) is 13.0. The lowest BCUT2D eigenvalue weighted by Gasteiger charge is -2.07. The number of para-hydroxylation sites is 1. The SMILES string of the molecule is O=C(CCS(=O)(=O)c1ccc(F)cc1)Nc1ccccc1Cl. The first-order chi connectivity index (χ1) is 10.4. The van der Waals surface area contributed by atoms with E-state index in [-0.39, 0.29) is 17.1 Å². The van der Waals surface area contributed by atoms with Gasteiger partial charge in [0.05, 0.1) is 21.4 Å². The van der Waals surface area contributed by atoms with E-state index >= 15 is 0 Å². The second-order valence-electron chi connectivity index (χ2n) is 4.55. The van der Waals surface area contributed by atoms with Gasteiger partial charge in [-0.05, 0) is 36.4 Å². The molecule has 0 aliphatic carbocycles. The molecule has 1 amide bonds. The van der Waals surface area contributed by atoms with Crippen molar-refractivity contribution in [1.82, 2.24) is 0 Å². The molecule has 0 fully saturated rings. The number of amides is 1. The molecule has 2 rings (SSSR count). The Morgan fingerprint density at radius 3 is 2.36 bits per heavy atom. The Morgan fingerprint density at radius 2 is 1.73 bits per heavy atom. The molecule has 0 aliphatic heterocycles. The topological polar surface area (TPSA) is 63.2 Å². The maximum atomic E-state index is 12.8. The van der Waals surface area contributed by atoms with E-state index < -0.39 is 21.6 Å². The number of nitrogens with one attached hydrogen (secondary N) is 1. The highest BCUT2D eigenvalue weighted by Gasteiger charge is 2.17. The average Bonchev–Trinajstić information content (AvgIpc) is 2.48. The minimum atomic E-state index is -3.63. The highest BCUT2D eigenvalue weighted by molar-refractivity contribution is 7.91. The van der Waals surface area contributed by atoms with Crippen LogP contribution in [-0.4, -0.2) is 20.1 Å². The lowest BCUT2D eigenvalue weighted by atomic mass is 10.3. The molecule has 7 heteroatoms. The van der Waals surface area contributed by atoms with Crippen LogP contribution < -0.4 is 5.32 Å². The molecule has 0 heterocycles. The second-order valence-corrected chi connectivity index (χ2v) is 7.07. The summed E-state index contributed by atoms with van der Waals surface area (Å²) in [4.78, 5) is 11.8. The van der Waals surface area contributed by atoms with Crippen LogP contribution >= 0.6 is 11.6 Å². The molecule has 0 saturated heterocycles. The number of halogens is 2. The van der Waals surface area contributed by atoms with Crippen LogP contribution in [-0.2, 0) is 14.6 Å². The van der Waals surface area contributed by atoms with E-state index in [1.54, 1.807) is 24.3 Å². The Labute approximate surface area is 132 Å². The molecular formula is C15H13ClFNO3S. The predicted molar refractivity (Wildman–Crippen MR) is 83.2 cm³/mol. The number of hydrogen-bond donors (Lipinski definition) is 1. The summed E-state index contributed by atoms with van der Waals surface area (Å²) in [6, 6.07) is 11.1. The van der Waals surface area contributed by atoms with Crippen LogP contribution in [0.2, 0.25) is 5.02 Å². The molecule has 0 atom stereocenters. The minimum Gasteiger partial charge on any atom is -0.325 e. The molecular weight excluding hydrogens is 329 g/mol. The summed E-state index contributed by atoms with van der Waals surface area (Å²) in [6.45, 7) is 0. The summed E-state index contributed by atoms with van der Waals surface area (Å²) < 4.78 is 36.9. The van der Waals surface area contributed by atoms with Crippen LogP contribution in [0.25, 0.3) is 0 Å². The summed E-state index contributed by atoms with van der Waals surface area (Å²) in [5, 5.41) is 2.92. The molecule has 2 aromatic rings. The Balaban J connectivity index is 1.98. The molecule has 0 saturated carbocycles. The Bertz CT molecular complexity index is 776. The zero-order chi connectivity index (χ0) is 16.2. The third-order valence-electron chi connectivity index (χ3n) is 2.92. The lowest BCUT2D eigenvalue weighted by Crippen LogP contribution is -2.17. The van der Waals surface area contributed by atoms with Gasteiger partial charge in [0.25, 0.3) is 0 Å². The summed E-state index contributed by atoms with van der Waals surface area (Å²) in [5.74, 6) is -1.34. The van der Waals surface area contributed by atoms with Crippen LogP contribution in [0.4, 0.5) is 10.1 Å². The molecule has 0 bridgehead atoms. The highest BCUT2D eigenvalue weighted by atomic mass is 35.5. The number of carbonyl (C=O) groups excluding carboxylic acids is 1. The quantitative estimate of drug-likeness (QED) is 0.849. The number of sulfone groups is 1. The molecule has 2 aromatic carbocycles.